The molecule has 5 rings (SSSR count). The molecule has 10 nitrogen and oxygen atoms in total. The molecule has 0 aliphatic carbocycles. The zero-order valence-electron chi connectivity index (χ0n) is 22.4. The van der Waals surface area contributed by atoms with Crippen LogP contribution >= 0.6 is 0 Å². The first kappa shape index (κ1) is 28.2. The van der Waals surface area contributed by atoms with Crippen LogP contribution in [-0.4, -0.2) is 37.3 Å². The summed E-state index contributed by atoms with van der Waals surface area (Å²) in [5.41, 5.74) is 2.72. The third-order valence-electron chi connectivity index (χ3n) is 6.37. The highest BCUT2D eigenvalue weighted by Crippen LogP contribution is 2.29. The lowest BCUT2D eigenvalue weighted by atomic mass is 10.1. The molecular formula is C30H22N6O4S2. The van der Waals surface area contributed by atoms with Crippen molar-refractivity contribution in [2.45, 2.75) is 23.6 Å². The Morgan fingerprint density at radius 1 is 0.524 bits per heavy atom. The van der Waals surface area contributed by atoms with E-state index < -0.39 is 20.0 Å². The number of nitriles is 2. The van der Waals surface area contributed by atoms with Crippen LogP contribution in [0.1, 0.15) is 33.4 Å². The van der Waals surface area contributed by atoms with Gasteiger partial charge in [0.1, 0.15) is 0 Å². The molecule has 1 heterocycles. The number of rotatable bonds is 6. The van der Waals surface area contributed by atoms with E-state index in [4.69, 9.17) is 0 Å². The molecule has 0 aromatic heterocycles. The molecule has 0 N–H and O–H groups in total. The quantitative estimate of drug-likeness (QED) is 0.322. The van der Waals surface area contributed by atoms with E-state index in [0.717, 1.165) is 11.1 Å². The van der Waals surface area contributed by atoms with Gasteiger partial charge in [-0.3, -0.25) is 0 Å². The van der Waals surface area contributed by atoms with E-state index in [9.17, 15) is 27.4 Å². The van der Waals surface area contributed by atoms with Crippen molar-refractivity contribution < 1.29 is 16.8 Å². The lowest BCUT2D eigenvalue weighted by molar-refractivity contribution is 0.488. The number of amidine groups is 2. The van der Waals surface area contributed by atoms with Crippen LogP contribution in [-0.2, 0) is 20.0 Å². The summed E-state index contributed by atoms with van der Waals surface area (Å²) in [6.45, 7) is 3.63. The third-order valence-corrected chi connectivity index (χ3v) is 9.53. The smallest absolute Gasteiger partial charge is 0.199 e. The fraction of sp³-hybridized carbons (Fsp3) is 0.0667. The van der Waals surface area contributed by atoms with Crippen LogP contribution in [0, 0.1) is 36.5 Å². The van der Waals surface area contributed by atoms with Gasteiger partial charge in [0.2, 0.25) is 0 Å². The topological polar surface area (TPSA) is 147 Å². The van der Waals surface area contributed by atoms with Gasteiger partial charge in [-0.1, -0.05) is 35.4 Å². The van der Waals surface area contributed by atoms with Crippen molar-refractivity contribution in [2.75, 3.05) is 0 Å². The van der Waals surface area contributed by atoms with E-state index in [0.29, 0.717) is 20.0 Å². The van der Waals surface area contributed by atoms with E-state index in [2.05, 4.69) is 10.2 Å². The third kappa shape index (κ3) is 5.24. The lowest BCUT2D eigenvalue weighted by Gasteiger charge is -2.31. The Morgan fingerprint density at radius 2 is 0.833 bits per heavy atom. The Bertz CT molecular complexity index is 1870. The molecule has 4 aromatic rings. The van der Waals surface area contributed by atoms with Crippen LogP contribution < -0.4 is 0 Å². The Labute approximate surface area is 243 Å². The maximum absolute atomic E-state index is 14.0. The fourth-order valence-corrected chi connectivity index (χ4v) is 6.49. The second-order valence-electron chi connectivity index (χ2n) is 9.35. The molecule has 1 aliphatic heterocycles. The summed E-state index contributed by atoms with van der Waals surface area (Å²) in [5.74, 6) is -0.596. The minimum absolute atomic E-state index is 0.0905. The van der Waals surface area contributed by atoms with Gasteiger partial charge in [0, 0.05) is 11.1 Å². The molecule has 12 heteroatoms. The summed E-state index contributed by atoms with van der Waals surface area (Å²) < 4.78 is 57.5. The summed E-state index contributed by atoms with van der Waals surface area (Å²) in [5, 5.41) is 27.3. The zero-order valence-corrected chi connectivity index (χ0v) is 24.0. The van der Waals surface area contributed by atoms with Crippen LogP contribution in [0.5, 0.6) is 0 Å². The van der Waals surface area contributed by atoms with E-state index in [1.807, 2.05) is 26.0 Å². The maximum atomic E-state index is 14.0. The maximum Gasteiger partial charge on any atom is 0.285 e. The van der Waals surface area contributed by atoms with Crippen LogP contribution in [0.2, 0.25) is 0 Å². The number of hydrogen-bond donors (Lipinski definition) is 0. The summed E-state index contributed by atoms with van der Waals surface area (Å²) in [7, 11) is -8.82. The van der Waals surface area contributed by atoms with Crippen molar-refractivity contribution in [3.8, 4) is 12.1 Å². The van der Waals surface area contributed by atoms with Gasteiger partial charge >= 0.3 is 0 Å². The minimum atomic E-state index is -4.41. The summed E-state index contributed by atoms with van der Waals surface area (Å²) in [4.78, 5) is -0.181. The number of nitrogens with zero attached hydrogens (tertiary/aromatic N) is 6. The van der Waals surface area contributed by atoms with Crippen molar-refractivity contribution in [3.05, 3.63) is 130 Å². The molecule has 208 valence electrons. The molecule has 4 aromatic carbocycles. The van der Waals surface area contributed by atoms with Crippen molar-refractivity contribution in [1.82, 2.24) is 8.83 Å². The monoisotopic (exact) mass is 594 g/mol. The number of sulfonamides is 2. The molecule has 0 unspecified atom stereocenters. The zero-order chi connectivity index (χ0) is 30.1. The molecule has 42 heavy (non-hydrogen) atoms. The lowest BCUT2D eigenvalue weighted by Crippen LogP contribution is -2.45. The first-order valence-electron chi connectivity index (χ1n) is 12.5. The Kier molecular flexibility index (Phi) is 7.35. The average Bonchev–Trinajstić information content (AvgIpc) is 3.01. The standard InChI is InChI=1S/C30H22N6O4S2/c1-21-3-15-27(16-4-21)41(37,38)35-29(25-11-7-23(19-31)8-12-25)34-36(42(39,40)28-17-5-22(2)6-18-28)30(33-35)26-13-9-24(20-32)10-14-26/h3-18H,1-2H3. The van der Waals surface area contributed by atoms with Crippen LogP contribution in [0.4, 0.5) is 0 Å². The van der Waals surface area contributed by atoms with E-state index in [1.54, 1.807) is 24.3 Å². The van der Waals surface area contributed by atoms with E-state index in [-0.39, 0.29) is 32.6 Å². The summed E-state index contributed by atoms with van der Waals surface area (Å²) >= 11 is 0. The normalized spacial score (nSPS) is 13.5. The highest BCUT2D eigenvalue weighted by Gasteiger charge is 2.39. The largest absolute Gasteiger partial charge is 0.285 e. The molecule has 0 amide bonds. The summed E-state index contributed by atoms with van der Waals surface area (Å²) in [6.07, 6.45) is 0. The number of hydrazone groups is 2. The van der Waals surface area contributed by atoms with Gasteiger partial charge in [0.15, 0.2) is 11.7 Å². The second-order valence-corrected chi connectivity index (χ2v) is 12.9. The highest BCUT2D eigenvalue weighted by atomic mass is 32.2. The van der Waals surface area contributed by atoms with E-state index >= 15 is 0 Å². The summed E-state index contributed by atoms with van der Waals surface area (Å²) in [6, 6.07) is 28.0. The molecule has 0 atom stereocenters. The number of benzene rings is 4. The molecule has 1 aliphatic rings. The van der Waals surface area contributed by atoms with Gasteiger partial charge in [0.05, 0.1) is 33.1 Å². The first-order valence-corrected chi connectivity index (χ1v) is 15.3. The number of hydrogen-bond acceptors (Lipinski definition) is 8. The van der Waals surface area contributed by atoms with Gasteiger partial charge in [-0.05, 0) is 86.6 Å². The van der Waals surface area contributed by atoms with Crippen molar-refractivity contribution >= 4 is 31.7 Å². The minimum Gasteiger partial charge on any atom is -0.199 e. The van der Waals surface area contributed by atoms with Gasteiger partial charge in [-0.2, -0.15) is 27.4 Å². The molecule has 0 saturated carbocycles. The highest BCUT2D eigenvalue weighted by molar-refractivity contribution is 7.90. The van der Waals surface area contributed by atoms with Crippen LogP contribution in [0.25, 0.3) is 0 Å². The van der Waals surface area contributed by atoms with Gasteiger partial charge in [-0.15, -0.1) is 19.0 Å². The van der Waals surface area contributed by atoms with Crippen molar-refractivity contribution in [1.29, 1.82) is 10.5 Å². The fourth-order valence-electron chi connectivity index (χ4n) is 4.02. The van der Waals surface area contributed by atoms with Crippen molar-refractivity contribution in [2.24, 2.45) is 10.2 Å². The Hall–Kier alpha value is -5.30. The molecule has 0 fully saturated rings. The molecule has 0 spiro atoms. The molecule has 0 bridgehead atoms. The molecule has 0 radical (unpaired) electrons. The molecule has 0 saturated heterocycles. The molecular weight excluding hydrogens is 573 g/mol. The predicted octanol–water partition coefficient (Wildman–Crippen LogP) is 4.47. The average molecular weight is 595 g/mol. The Balaban J connectivity index is 1.78. The van der Waals surface area contributed by atoms with E-state index in [1.165, 1.54) is 72.8 Å². The van der Waals surface area contributed by atoms with Crippen LogP contribution in [0.15, 0.2) is 117 Å². The second kappa shape index (κ2) is 10.9. The van der Waals surface area contributed by atoms with Gasteiger partial charge < -0.3 is 0 Å². The first-order chi connectivity index (χ1) is 20.0. The van der Waals surface area contributed by atoms with Gasteiger partial charge in [0.25, 0.3) is 20.0 Å². The van der Waals surface area contributed by atoms with Crippen molar-refractivity contribution in [3.63, 3.8) is 0 Å². The van der Waals surface area contributed by atoms with Gasteiger partial charge in [-0.25, -0.2) is 0 Å². The SMILES string of the molecule is Cc1ccc(S(=O)(=O)N2N=C(c3ccc(C#N)cc3)N(S(=O)(=O)c3ccc(C)cc3)N=C2c2ccc(C#N)cc2)cc1. The predicted molar refractivity (Wildman–Crippen MR) is 156 cm³/mol. The number of aryl methyl sites for hydroxylation is 2. The Morgan fingerprint density at radius 3 is 1.12 bits per heavy atom. The van der Waals surface area contributed by atoms with Crippen LogP contribution in [0.3, 0.4) is 0 Å².